The van der Waals surface area contributed by atoms with Crippen molar-refractivity contribution in [1.29, 1.82) is 0 Å². The first-order valence-corrected chi connectivity index (χ1v) is 10.0. The van der Waals surface area contributed by atoms with Crippen LogP contribution in [0, 0.1) is 5.92 Å². The average molecular weight is 373 g/mol. The standard InChI is InChI=1S/C21H32N4O2/c1-16-10-13-24(14-11-16)18-8-6-17(7-9-18)22-20(26)15-25-12-4-5-19(25)21(27)23(2)3/h6-9,16,19H,4-5,10-15H2,1-3H3,(H,22,26). The van der Waals surface area contributed by atoms with Gasteiger partial charge < -0.3 is 15.1 Å². The summed E-state index contributed by atoms with van der Waals surface area (Å²) in [5.41, 5.74) is 2.03. The van der Waals surface area contributed by atoms with Crippen LogP contribution >= 0.6 is 0 Å². The summed E-state index contributed by atoms with van der Waals surface area (Å²) in [6.07, 6.45) is 4.26. The molecule has 0 bridgehead atoms. The van der Waals surface area contributed by atoms with E-state index in [2.05, 4.69) is 29.3 Å². The lowest BCUT2D eigenvalue weighted by atomic mass is 9.99. The summed E-state index contributed by atoms with van der Waals surface area (Å²) in [6, 6.07) is 7.93. The summed E-state index contributed by atoms with van der Waals surface area (Å²) in [7, 11) is 3.53. The number of likely N-dealkylation sites (N-methyl/N-ethyl adjacent to an activating group) is 1. The molecule has 6 heteroatoms. The molecule has 1 atom stereocenters. The molecule has 27 heavy (non-hydrogen) atoms. The molecule has 2 aliphatic heterocycles. The Labute approximate surface area is 162 Å². The van der Waals surface area contributed by atoms with E-state index < -0.39 is 0 Å². The summed E-state index contributed by atoms with van der Waals surface area (Å²) in [5.74, 6) is 0.835. The molecule has 0 radical (unpaired) electrons. The van der Waals surface area contributed by atoms with Gasteiger partial charge in [-0.05, 0) is 62.4 Å². The molecule has 6 nitrogen and oxygen atoms in total. The van der Waals surface area contributed by atoms with Gasteiger partial charge in [0.25, 0.3) is 0 Å². The van der Waals surface area contributed by atoms with Crippen LogP contribution in [0.1, 0.15) is 32.6 Å². The van der Waals surface area contributed by atoms with Crippen LogP contribution in [0.2, 0.25) is 0 Å². The topological polar surface area (TPSA) is 55.9 Å². The van der Waals surface area contributed by atoms with Crippen molar-refractivity contribution < 1.29 is 9.59 Å². The van der Waals surface area contributed by atoms with E-state index in [-0.39, 0.29) is 24.4 Å². The minimum atomic E-state index is -0.172. The molecule has 148 valence electrons. The third-order valence-corrected chi connectivity index (χ3v) is 5.74. The highest BCUT2D eigenvalue weighted by atomic mass is 16.2. The van der Waals surface area contributed by atoms with Gasteiger partial charge in [-0.25, -0.2) is 0 Å². The van der Waals surface area contributed by atoms with Crippen LogP contribution in [-0.4, -0.2) is 67.9 Å². The number of carbonyl (C=O) groups is 2. The molecule has 0 aliphatic carbocycles. The van der Waals surface area contributed by atoms with Gasteiger partial charge in [-0.1, -0.05) is 6.92 Å². The minimum absolute atomic E-state index is 0.0620. The fraction of sp³-hybridized carbons (Fsp3) is 0.619. The molecule has 1 unspecified atom stereocenters. The lowest BCUT2D eigenvalue weighted by molar-refractivity contribution is -0.133. The van der Waals surface area contributed by atoms with Gasteiger partial charge in [-0.3, -0.25) is 14.5 Å². The van der Waals surface area contributed by atoms with E-state index in [1.807, 2.05) is 17.0 Å². The van der Waals surface area contributed by atoms with Crippen molar-refractivity contribution in [2.24, 2.45) is 5.92 Å². The number of hydrogen-bond acceptors (Lipinski definition) is 4. The molecule has 2 fully saturated rings. The van der Waals surface area contributed by atoms with Crippen molar-refractivity contribution in [2.75, 3.05) is 50.5 Å². The summed E-state index contributed by atoms with van der Waals surface area (Å²) in [4.78, 5) is 30.7. The number of anilines is 2. The highest BCUT2D eigenvalue weighted by Crippen LogP contribution is 2.24. The quantitative estimate of drug-likeness (QED) is 0.862. The van der Waals surface area contributed by atoms with Crippen LogP contribution in [0.15, 0.2) is 24.3 Å². The number of likely N-dealkylation sites (tertiary alicyclic amines) is 1. The van der Waals surface area contributed by atoms with Gasteiger partial charge in [0.15, 0.2) is 0 Å². The van der Waals surface area contributed by atoms with Crippen molar-refractivity contribution in [3.05, 3.63) is 24.3 Å². The normalized spacial score (nSPS) is 21.3. The Hall–Kier alpha value is -2.08. The van der Waals surface area contributed by atoms with Crippen molar-refractivity contribution in [3.63, 3.8) is 0 Å². The van der Waals surface area contributed by atoms with Crippen LogP contribution in [0.4, 0.5) is 11.4 Å². The van der Waals surface area contributed by atoms with E-state index in [1.54, 1.807) is 19.0 Å². The number of hydrogen-bond donors (Lipinski definition) is 1. The Morgan fingerprint density at radius 2 is 1.74 bits per heavy atom. The number of benzene rings is 1. The van der Waals surface area contributed by atoms with Gasteiger partial charge in [0.1, 0.15) is 0 Å². The smallest absolute Gasteiger partial charge is 0.239 e. The van der Waals surface area contributed by atoms with Gasteiger partial charge in [0, 0.05) is 38.6 Å². The lowest BCUT2D eigenvalue weighted by Gasteiger charge is -2.32. The van der Waals surface area contributed by atoms with Crippen molar-refractivity contribution in [3.8, 4) is 0 Å². The van der Waals surface area contributed by atoms with Gasteiger partial charge in [0.05, 0.1) is 12.6 Å². The Bertz CT molecular complexity index is 651. The fourth-order valence-electron chi connectivity index (χ4n) is 4.00. The highest BCUT2D eigenvalue weighted by Gasteiger charge is 2.32. The molecule has 3 rings (SSSR count). The predicted molar refractivity (Wildman–Crippen MR) is 109 cm³/mol. The zero-order valence-corrected chi connectivity index (χ0v) is 16.8. The SMILES string of the molecule is CC1CCN(c2ccc(NC(=O)CN3CCCC3C(=O)N(C)C)cc2)CC1. The molecule has 1 aromatic rings. The second kappa shape index (κ2) is 8.74. The van der Waals surface area contributed by atoms with Gasteiger partial charge in [-0.2, -0.15) is 0 Å². The predicted octanol–water partition coefficient (Wildman–Crippen LogP) is 2.41. The first-order valence-electron chi connectivity index (χ1n) is 10.0. The van der Waals surface area contributed by atoms with Crippen LogP contribution in [-0.2, 0) is 9.59 Å². The molecule has 0 saturated carbocycles. The molecular formula is C21H32N4O2. The van der Waals surface area contributed by atoms with Crippen molar-refractivity contribution >= 4 is 23.2 Å². The van der Waals surface area contributed by atoms with Gasteiger partial charge >= 0.3 is 0 Å². The zero-order valence-electron chi connectivity index (χ0n) is 16.8. The molecular weight excluding hydrogens is 340 g/mol. The molecule has 0 aromatic heterocycles. The third kappa shape index (κ3) is 5.01. The maximum absolute atomic E-state index is 12.4. The van der Waals surface area contributed by atoms with E-state index >= 15 is 0 Å². The number of carbonyl (C=O) groups excluding carboxylic acids is 2. The lowest BCUT2D eigenvalue weighted by Crippen LogP contribution is -2.45. The van der Waals surface area contributed by atoms with E-state index in [1.165, 1.54) is 18.5 Å². The van der Waals surface area contributed by atoms with Crippen LogP contribution in [0.5, 0.6) is 0 Å². The zero-order chi connectivity index (χ0) is 19.4. The minimum Gasteiger partial charge on any atom is -0.372 e. The summed E-state index contributed by atoms with van der Waals surface area (Å²) in [5, 5.41) is 2.97. The van der Waals surface area contributed by atoms with Crippen LogP contribution in [0.3, 0.4) is 0 Å². The molecule has 2 saturated heterocycles. The Kier molecular flexibility index (Phi) is 6.37. The van der Waals surface area contributed by atoms with Gasteiger partial charge in [-0.15, -0.1) is 0 Å². The number of amides is 2. The largest absolute Gasteiger partial charge is 0.372 e. The Morgan fingerprint density at radius 3 is 2.37 bits per heavy atom. The number of rotatable bonds is 5. The van der Waals surface area contributed by atoms with Gasteiger partial charge in [0.2, 0.25) is 11.8 Å². The molecule has 1 N–H and O–H groups in total. The second-order valence-electron chi connectivity index (χ2n) is 8.13. The van der Waals surface area contributed by atoms with Crippen molar-refractivity contribution in [1.82, 2.24) is 9.80 Å². The highest BCUT2D eigenvalue weighted by molar-refractivity contribution is 5.93. The average Bonchev–Trinajstić information content (AvgIpc) is 3.10. The molecule has 2 amide bonds. The molecule has 2 aliphatic rings. The maximum atomic E-state index is 12.4. The molecule has 0 spiro atoms. The first kappa shape index (κ1) is 19.7. The summed E-state index contributed by atoms with van der Waals surface area (Å²) in [6.45, 7) is 5.57. The van der Waals surface area contributed by atoms with E-state index in [0.717, 1.165) is 44.1 Å². The third-order valence-electron chi connectivity index (χ3n) is 5.74. The van der Waals surface area contributed by atoms with Crippen LogP contribution in [0.25, 0.3) is 0 Å². The van der Waals surface area contributed by atoms with E-state index in [9.17, 15) is 9.59 Å². The first-order chi connectivity index (χ1) is 12.9. The molecule has 2 heterocycles. The van der Waals surface area contributed by atoms with E-state index in [0.29, 0.717) is 0 Å². The second-order valence-corrected chi connectivity index (χ2v) is 8.13. The molecule has 1 aromatic carbocycles. The monoisotopic (exact) mass is 372 g/mol. The Balaban J connectivity index is 1.53. The maximum Gasteiger partial charge on any atom is 0.239 e. The van der Waals surface area contributed by atoms with E-state index in [4.69, 9.17) is 0 Å². The summed E-state index contributed by atoms with van der Waals surface area (Å²) < 4.78 is 0. The number of piperidine rings is 1. The van der Waals surface area contributed by atoms with Crippen molar-refractivity contribution in [2.45, 2.75) is 38.6 Å². The fourth-order valence-corrected chi connectivity index (χ4v) is 4.00. The number of nitrogens with one attached hydrogen (secondary N) is 1. The number of nitrogens with zero attached hydrogens (tertiary/aromatic N) is 3. The Morgan fingerprint density at radius 1 is 1.07 bits per heavy atom. The van der Waals surface area contributed by atoms with Crippen LogP contribution < -0.4 is 10.2 Å². The summed E-state index contributed by atoms with van der Waals surface area (Å²) >= 11 is 0.